The van der Waals surface area contributed by atoms with E-state index in [9.17, 15) is 0 Å². The maximum absolute atomic E-state index is 2.72. The highest BCUT2D eigenvalue weighted by molar-refractivity contribution is 6.89. The second-order valence-electron chi connectivity index (χ2n) is 12.4. The second kappa shape index (κ2) is 9.34. The Labute approximate surface area is 206 Å². The molecule has 2 unspecified atom stereocenters. The van der Waals surface area contributed by atoms with Crippen molar-refractivity contribution in [3.05, 3.63) is 70.4 Å². The van der Waals surface area contributed by atoms with Crippen molar-refractivity contribution in [2.75, 3.05) is 0 Å². The van der Waals surface area contributed by atoms with Crippen molar-refractivity contribution in [3.8, 4) is 0 Å². The summed E-state index contributed by atoms with van der Waals surface area (Å²) in [5, 5.41) is 3.74. The van der Waals surface area contributed by atoms with E-state index in [1.165, 1.54) is 44.1 Å². The highest BCUT2D eigenvalue weighted by Crippen LogP contribution is 2.58. The van der Waals surface area contributed by atoms with Crippen LogP contribution in [0.4, 0.5) is 0 Å². The molecule has 1 saturated carbocycles. The van der Waals surface area contributed by atoms with Gasteiger partial charge < -0.3 is 0 Å². The van der Waals surface area contributed by atoms with Crippen molar-refractivity contribution in [3.63, 3.8) is 0 Å². The van der Waals surface area contributed by atoms with Crippen LogP contribution in [0.15, 0.2) is 64.8 Å². The summed E-state index contributed by atoms with van der Waals surface area (Å²) in [6.45, 7) is 19.6. The molecule has 0 aromatic heterocycles. The molecule has 3 aliphatic rings. The van der Waals surface area contributed by atoms with Gasteiger partial charge in [-0.05, 0) is 81.5 Å². The van der Waals surface area contributed by atoms with Crippen molar-refractivity contribution < 1.29 is 0 Å². The standard InChI is InChI=1S/C31H46Si2/c1-22-19-28(21-29(20-22)33(6,7)8)32(30-25(4)23(2)24(3)26(30)5)31(17-13-10-14-18-31)27-15-11-9-12-16-27/h10,13-14,17,19-21,27,30,32H,9,11-12,15-16,18H2,1-8H3. The molecule has 4 rings (SSSR count). The van der Waals surface area contributed by atoms with Gasteiger partial charge in [-0.3, -0.25) is 0 Å². The number of hydrogen-bond donors (Lipinski definition) is 0. The van der Waals surface area contributed by atoms with E-state index in [0.29, 0.717) is 10.6 Å². The van der Waals surface area contributed by atoms with Crippen LogP contribution in [0, 0.1) is 12.8 Å². The van der Waals surface area contributed by atoms with Crippen LogP contribution >= 0.6 is 0 Å². The normalized spacial score (nSPS) is 25.9. The summed E-state index contributed by atoms with van der Waals surface area (Å²) in [6.07, 6.45) is 18.3. The van der Waals surface area contributed by atoms with Gasteiger partial charge in [0.25, 0.3) is 0 Å². The molecular weight excluding hydrogens is 429 g/mol. The molecule has 1 aromatic carbocycles. The predicted molar refractivity (Wildman–Crippen MR) is 154 cm³/mol. The Hall–Kier alpha value is -1.39. The van der Waals surface area contributed by atoms with Gasteiger partial charge in [0.2, 0.25) is 0 Å². The molecule has 2 heteroatoms. The van der Waals surface area contributed by atoms with Gasteiger partial charge in [-0.2, -0.15) is 0 Å². The minimum atomic E-state index is -1.49. The largest absolute Gasteiger partial charge is 0.0927 e. The molecular formula is C31H46Si2. The van der Waals surface area contributed by atoms with E-state index in [4.69, 9.17) is 0 Å². The third-order valence-electron chi connectivity index (χ3n) is 9.41. The van der Waals surface area contributed by atoms with E-state index >= 15 is 0 Å². The Morgan fingerprint density at radius 2 is 1.45 bits per heavy atom. The lowest BCUT2D eigenvalue weighted by Gasteiger charge is -2.49. The molecule has 33 heavy (non-hydrogen) atoms. The fourth-order valence-electron chi connectivity index (χ4n) is 7.20. The predicted octanol–water partition coefficient (Wildman–Crippen LogP) is 7.87. The highest BCUT2D eigenvalue weighted by Gasteiger charge is 2.50. The first-order valence-electron chi connectivity index (χ1n) is 13.4. The van der Waals surface area contributed by atoms with Crippen LogP contribution in [0.3, 0.4) is 0 Å². The minimum Gasteiger partial charge on any atom is -0.0840 e. The number of rotatable bonds is 5. The van der Waals surface area contributed by atoms with E-state index in [1.54, 1.807) is 32.7 Å². The molecule has 0 radical (unpaired) electrons. The Kier molecular flexibility index (Phi) is 7.00. The molecule has 0 N–H and O–H groups in total. The fourth-order valence-corrected chi connectivity index (χ4v) is 14.1. The third kappa shape index (κ3) is 4.50. The van der Waals surface area contributed by atoms with E-state index < -0.39 is 16.9 Å². The van der Waals surface area contributed by atoms with E-state index in [0.717, 1.165) is 5.92 Å². The molecule has 1 fully saturated rings. The van der Waals surface area contributed by atoms with Crippen LogP contribution in [-0.4, -0.2) is 16.9 Å². The Bertz CT molecular complexity index is 999. The van der Waals surface area contributed by atoms with Crippen molar-refractivity contribution in [1.29, 1.82) is 0 Å². The molecule has 0 saturated heterocycles. The zero-order valence-corrected chi connectivity index (χ0v) is 24.7. The molecule has 0 heterocycles. The van der Waals surface area contributed by atoms with E-state index in [2.05, 4.69) is 96.8 Å². The third-order valence-corrected chi connectivity index (χ3v) is 16.2. The van der Waals surface area contributed by atoms with Crippen LogP contribution in [0.5, 0.6) is 0 Å². The summed E-state index contributed by atoms with van der Waals surface area (Å²) in [5.74, 6) is 0.835. The Morgan fingerprint density at radius 1 is 0.818 bits per heavy atom. The first-order chi connectivity index (χ1) is 15.6. The quantitative estimate of drug-likeness (QED) is 0.381. The summed E-state index contributed by atoms with van der Waals surface area (Å²) in [5.41, 5.74) is 8.63. The molecule has 1 aromatic rings. The molecule has 0 aliphatic heterocycles. The summed E-state index contributed by atoms with van der Waals surface area (Å²) in [4.78, 5) is 0. The lowest BCUT2D eigenvalue weighted by Crippen LogP contribution is -2.52. The molecule has 2 atom stereocenters. The topological polar surface area (TPSA) is 0 Å². The SMILES string of the molecule is CC1=C(C)C([SiH](c2cc(C)cc([Si](C)(C)C)c2)C2(C3CCCCC3)C=CC=CC2)C(C)=C1C. The summed E-state index contributed by atoms with van der Waals surface area (Å²) >= 11 is 0. The van der Waals surface area contributed by atoms with Gasteiger partial charge in [0.15, 0.2) is 0 Å². The van der Waals surface area contributed by atoms with Crippen LogP contribution in [0.2, 0.25) is 30.2 Å². The monoisotopic (exact) mass is 474 g/mol. The fraction of sp³-hybridized carbons (Fsp3) is 0.548. The maximum atomic E-state index is 2.72. The summed E-state index contributed by atoms with van der Waals surface area (Å²) in [7, 11) is -2.88. The first kappa shape index (κ1) is 24.7. The van der Waals surface area contributed by atoms with Crippen LogP contribution in [0.1, 0.15) is 71.8 Å². The average molecular weight is 475 g/mol. The lowest BCUT2D eigenvalue weighted by atomic mass is 9.76. The van der Waals surface area contributed by atoms with Gasteiger partial charge in [-0.1, -0.05) is 108 Å². The molecule has 0 nitrogen and oxygen atoms in total. The first-order valence-corrected chi connectivity index (χ1v) is 18.7. The number of hydrogen-bond acceptors (Lipinski definition) is 0. The number of benzene rings is 1. The van der Waals surface area contributed by atoms with Crippen LogP contribution < -0.4 is 10.4 Å². The summed E-state index contributed by atoms with van der Waals surface area (Å²) < 4.78 is 0. The van der Waals surface area contributed by atoms with Crippen molar-refractivity contribution in [2.45, 2.75) is 103 Å². The minimum absolute atomic E-state index is 0.345. The molecule has 0 spiro atoms. The van der Waals surface area contributed by atoms with Gasteiger partial charge in [0.1, 0.15) is 0 Å². The number of allylic oxidation sites excluding steroid dienone is 8. The van der Waals surface area contributed by atoms with Crippen molar-refractivity contribution in [1.82, 2.24) is 0 Å². The Morgan fingerprint density at radius 3 is 2.00 bits per heavy atom. The smallest absolute Gasteiger partial charge is 0.0840 e. The molecule has 0 amide bonds. The van der Waals surface area contributed by atoms with Gasteiger partial charge in [0, 0.05) is 0 Å². The molecule has 178 valence electrons. The summed E-state index contributed by atoms with van der Waals surface area (Å²) in [6, 6.07) is 7.82. The van der Waals surface area contributed by atoms with Crippen LogP contribution in [0.25, 0.3) is 0 Å². The van der Waals surface area contributed by atoms with Crippen LogP contribution in [-0.2, 0) is 0 Å². The highest BCUT2D eigenvalue weighted by atomic mass is 28.3. The molecule has 0 bridgehead atoms. The second-order valence-corrected chi connectivity index (χ2v) is 20.8. The maximum Gasteiger partial charge on any atom is 0.0927 e. The van der Waals surface area contributed by atoms with Crippen molar-refractivity contribution >= 4 is 27.2 Å². The van der Waals surface area contributed by atoms with E-state index in [1.807, 2.05) is 0 Å². The lowest BCUT2D eigenvalue weighted by molar-refractivity contribution is 0.293. The molecule has 3 aliphatic carbocycles. The van der Waals surface area contributed by atoms with Gasteiger partial charge >= 0.3 is 0 Å². The van der Waals surface area contributed by atoms with Gasteiger partial charge in [-0.15, -0.1) is 0 Å². The van der Waals surface area contributed by atoms with Crippen molar-refractivity contribution in [2.24, 2.45) is 5.92 Å². The Balaban J connectivity index is 1.97. The van der Waals surface area contributed by atoms with Gasteiger partial charge in [0.05, 0.1) is 16.9 Å². The zero-order chi connectivity index (χ0) is 24.0. The average Bonchev–Trinajstić information content (AvgIpc) is 2.98. The van der Waals surface area contributed by atoms with Gasteiger partial charge in [-0.25, -0.2) is 0 Å². The zero-order valence-electron chi connectivity index (χ0n) is 22.5. The number of aryl methyl sites for hydroxylation is 1. The van der Waals surface area contributed by atoms with E-state index in [-0.39, 0.29) is 0 Å².